The number of imidazole rings is 1. The quantitative estimate of drug-likeness (QED) is 0.558. The standard InChI is InChI=1S/C17H18N2O2S/c1-2-3-4-5-6-7-8-9-16-18-12-13(19-16)14-10-11-15(22-14)17(20)21/h2-6,10-12H,1,7-9H2,(H,18,19)(H,20,21)/b4-3-,6-5+. The van der Waals surface area contributed by atoms with Crippen LogP contribution in [0, 0.1) is 0 Å². The van der Waals surface area contributed by atoms with E-state index in [1.807, 2.05) is 18.2 Å². The summed E-state index contributed by atoms with van der Waals surface area (Å²) in [4.78, 5) is 19.7. The molecule has 0 unspecified atom stereocenters. The molecule has 2 aromatic rings. The lowest BCUT2D eigenvalue weighted by Crippen LogP contribution is -1.89. The van der Waals surface area contributed by atoms with E-state index in [2.05, 4.69) is 22.6 Å². The summed E-state index contributed by atoms with van der Waals surface area (Å²) >= 11 is 1.25. The molecule has 0 amide bonds. The van der Waals surface area contributed by atoms with Crippen molar-refractivity contribution in [2.45, 2.75) is 19.3 Å². The largest absolute Gasteiger partial charge is 0.477 e. The molecule has 114 valence electrons. The van der Waals surface area contributed by atoms with E-state index in [1.54, 1.807) is 24.4 Å². The smallest absolute Gasteiger partial charge is 0.345 e. The van der Waals surface area contributed by atoms with Crippen LogP contribution < -0.4 is 0 Å². The highest BCUT2D eigenvalue weighted by Gasteiger charge is 2.10. The zero-order valence-electron chi connectivity index (χ0n) is 12.2. The van der Waals surface area contributed by atoms with E-state index in [0.29, 0.717) is 4.88 Å². The summed E-state index contributed by atoms with van der Waals surface area (Å²) in [6.45, 7) is 3.61. The number of H-pyrrole nitrogens is 1. The maximum Gasteiger partial charge on any atom is 0.345 e. The van der Waals surface area contributed by atoms with Crippen molar-refractivity contribution in [2.75, 3.05) is 0 Å². The molecule has 2 aromatic heterocycles. The fourth-order valence-electron chi connectivity index (χ4n) is 1.92. The van der Waals surface area contributed by atoms with Gasteiger partial charge >= 0.3 is 5.97 Å². The average Bonchev–Trinajstić information content (AvgIpc) is 3.15. The Kier molecular flexibility index (Phi) is 5.91. The molecule has 0 radical (unpaired) electrons. The summed E-state index contributed by atoms with van der Waals surface area (Å²) in [7, 11) is 0. The van der Waals surface area contributed by atoms with Crippen molar-refractivity contribution in [3.05, 3.63) is 66.0 Å². The topological polar surface area (TPSA) is 66.0 Å². The number of hydrogen-bond acceptors (Lipinski definition) is 3. The van der Waals surface area contributed by atoms with E-state index in [0.717, 1.165) is 35.7 Å². The van der Waals surface area contributed by atoms with Crippen molar-refractivity contribution < 1.29 is 9.90 Å². The van der Waals surface area contributed by atoms with Gasteiger partial charge in [-0.3, -0.25) is 0 Å². The summed E-state index contributed by atoms with van der Waals surface area (Å²) < 4.78 is 0. The van der Waals surface area contributed by atoms with Gasteiger partial charge in [0.2, 0.25) is 0 Å². The van der Waals surface area contributed by atoms with Crippen LogP contribution in [0.1, 0.15) is 28.3 Å². The molecule has 2 heterocycles. The third-order valence-corrected chi connectivity index (χ3v) is 4.10. The fraction of sp³-hybridized carbons (Fsp3) is 0.176. The second-order valence-electron chi connectivity index (χ2n) is 4.65. The van der Waals surface area contributed by atoms with Gasteiger partial charge in [0.05, 0.1) is 16.8 Å². The predicted molar refractivity (Wildman–Crippen MR) is 90.3 cm³/mol. The average molecular weight is 314 g/mol. The van der Waals surface area contributed by atoms with Gasteiger partial charge in [-0.1, -0.05) is 37.0 Å². The minimum Gasteiger partial charge on any atom is -0.477 e. The van der Waals surface area contributed by atoms with Gasteiger partial charge in [-0.2, -0.15) is 0 Å². The summed E-state index contributed by atoms with van der Waals surface area (Å²) in [6, 6.07) is 3.42. The lowest BCUT2D eigenvalue weighted by molar-refractivity contribution is 0.0702. The first-order valence-electron chi connectivity index (χ1n) is 7.02. The maximum absolute atomic E-state index is 10.9. The molecule has 0 atom stereocenters. The van der Waals surface area contributed by atoms with Gasteiger partial charge < -0.3 is 10.1 Å². The van der Waals surface area contributed by atoms with Gasteiger partial charge in [0, 0.05) is 6.42 Å². The number of carboxylic acid groups (broad SMARTS) is 1. The number of nitrogens with one attached hydrogen (secondary N) is 1. The van der Waals surface area contributed by atoms with Crippen LogP contribution in [0.3, 0.4) is 0 Å². The number of aromatic carboxylic acids is 1. The summed E-state index contributed by atoms with van der Waals surface area (Å²) in [5.74, 6) is 0.0311. The molecular weight excluding hydrogens is 296 g/mol. The highest BCUT2D eigenvalue weighted by Crippen LogP contribution is 2.26. The van der Waals surface area contributed by atoms with Gasteiger partial charge in [-0.15, -0.1) is 11.3 Å². The highest BCUT2D eigenvalue weighted by molar-refractivity contribution is 7.17. The number of unbranched alkanes of at least 4 members (excludes halogenated alkanes) is 1. The van der Waals surface area contributed by atoms with Crippen LogP contribution in [0.4, 0.5) is 0 Å². The van der Waals surface area contributed by atoms with Crippen molar-refractivity contribution in [3.63, 3.8) is 0 Å². The third kappa shape index (κ3) is 4.56. The molecule has 0 aliphatic carbocycles. The lowest BCUT2D eigenvalue weighted by atomic mass is 10.2. The molecule has 22 heavy (non-hydrogen) atoms. The van der Waals surface area contributed by atoms with E-state index in [-0.39, 0.29) is 0 Å². The third-order valence-electron chi connectivity index (χ3n) is 2.99. The van der Waals surface area contributed by atoms with Gasteiger partial charge in [0.25, 0.3) is 0 Å². The number of allylic oxidation sites excluding steroid dienone is 5. The molecule has 0 saturated heterocycles. The minimum atomic E-state index is -0.895. The zero-order chi connectivity index (χ0) is 15.8. The highest BCUT2D eigenvalue weighted by atomic mass is 32.1. The normalized spacial score (nSPS) is 11.5. The van der Waals surface area contributed by atoms with Crippen LogP contribution in [0.25, 0.3) is 10.6 Å². The van der Waals surface area contributed by atoms with E-state index >= 15 is 0 Å². The number of aromatic nitrogens is 2. The van der Waals surface area contributed by atoms with Crippen molar-refractivity contribution in [2.24, 2.45) is 0 Å². The molecule has 0 aliphatic heterocycles. The van der Waals surface area contributed by atoms with Crippen LogP contribution in [-0.4, -0.2) is 21.0 Å². The Hall–Kier alpha value is -2.40. The number of thiophene rings is 1. The number of aryl methyl sites for hydroxylation is 1. The van der Waals surface area contributed by atoms with E-state index in [4.69, 9.17) is 5.11 Å². The fourth-order valence-corrected chi connectivity index (χ4v) is 2.73. The Labute approximate surface area is 133 Å². The molecule has 5 heteroatoms. The summed E-state index contributed by atoms with van der Waals surface area (Å²) in [6.07, 6.45) is 14.3. The molecule has 0 aromatic carbocycles. The van der Waals surface area contributed by atoms with Crippen LogP contribution >= 0.6 is 11.3 Å². The van der Waals surface area contributed by atoms with Gasteiger partial charge in [0.15, 0.2) is 0 Å². The molecule has 2 rings (SSSR count). The number of aromatic amines is 1. The van der Waals surface area contributed by atoms with Gasteiger partial charge in [0.1, 0.15) is 10.7 Å². The van der Waals surface area contributed by atoms with E-state index in [9.17, 15) is 4.79 Å². The Morgan fingerprint density at radius 1 is 1.36 bits per heavy atom. The molecule has 0 bridgehead atoms. The molecule has 0 fully saturated rings. The summed E-state index contributed by atoms with van der Waals surface area (Å²) in [5.41, 5.74) is 0.872. The Morgan fingerprint density at radius 2 is 2.23 bits per heavy atom. The first-order chi connectivity index (χ1) is 10.7. The van der Waals surface area contributed by atoms with Crippen LogP contribution in [0.5, 0.6) is 0 Å². The molecule has 0 spiro atoms. The van der Waals surface area contributed by atoms with Crippen molar-refractivity contribution in [1.82, 2.24) is 9.97 Å². The first-order valence-corrected chi connectivity index (χ1v) is 7.84. The second kappa shape index (κ2) is 8.14. The van der Waals surface area contributed by atoms with Crippen LogP contribution in [-0.2, 0) is 6.42 Å². The van der Waals surface area contributed by atoms with Crippen molar-refractivity contribution in [1.29, 1.82) is 0 Å². The van der Waals surface area contributed by atoms with Gasteiger partial charge in [-0.05, 0) is 25.0 Å². The number of nitrogens with zero attached hydrogens (tertiary/aromatic N) is 1. The number of rotatable bonds is 8. The Balaban J connectivity index is 1.86. The van der Waals surface area contributed by atoms with Crippen molar-refractivity contribution >= 4 is 17.3 Å². The van der Waals surface area contributed by atoms with Crippen molar-refractivity contribution in [3.8, 4) is 10.6 Å². The second-order valence-corrected chi connectivity index (χ2v) is 5.74. The first kappa shape index (κ1) is 16.0. The van der Waals surface area contributed by atoms with Gasteiger partial charge in [-0.25, -0.2) is 9.78 Å². The molecule has 2 N–H and O–H groups in total. The Bertz CT molecular complexity index is 695. The summed E-state index contributed by atoms with van der Waals surface area (Å²) in [5, 5.41) is 8.94. The molecular formula is C17H18N2O2S. The lowest BCUT2D eigenvalue weighted by Gasteiger charge is -1.94. The number of carbonyl (C=O) groups is 1. The van der Waals surface area contributed by atoms with Crippen LogP contribution in [0.15, 0.2) is 55.3 Å². The van der Waals surface area contributed by atoms with E-state index < -0.39 is 5.97 Å². The minimum absolute atomic E-state index is 0.337. The SMILES string of the molecule is C=C/C=C\C=C\CCCc1ncc(-c2ccc(C(=O)O)s2)[nH]1. The maximum atomic E-state index is 10.9. The predicted octanol–water partition coefficient (Wildman–Crippen LogP) is 4.46. The molecule has 0 saturated carbocycles. The van der Waals surface area contributed by atoms with E-state index in [1.165, 1.54) is 11.3 Å². The monoisotopic (exact) mass is 314 g/mol. The molecule has 4 nitrogen and oxygen atoms in total. The zero-order valence-corrected chi connectivity index (χ0v) is 13.0. The Morgan fingerprint density at radius 3 is 2.95 bits per heavy atom. The number of hydrogen-bond donors (Lipinski definition) is 2. The molecule has 0 aliphatic rings. The van der Waals surface area contributed by atoms with Crippen LogP contribution in [0.2, 0.25) is 0 Å². The number of carboxylic acids is 1.